The largest absolute Gasteiger partial charge is 0.506 e. The molecule has 8 heteroatoms. The second-order valence-electron chi connectivity index (χ2n) is 4.36. The van der Waals surface area contributed by atoms with Gasteiger partial charge in [-0.05, 0) is 31.5 Å². The Labute approximate surface area is 124 Å². The van der Waals surface area contributed by atoms with Gasteiger partial charge >= 0.3 is 5.97 Å². The number of carbonyl (C=O) groups is 1. The maximum atomic E-state index is 12.5. The highest BCUT2D eigenvalue weighted by molar-refractivity contribution is 7.89. The van der Waals surface area contributed by atoms with Gasteiger partial charge in [0.2, 0.25) is 10.0 Å². The lowest BCUT2D eigenvalue weighted by atomic mass is 10.3. The Kier molecular flexibility index (Phi) is 5.98. The van der Waals surface area contributed by atoms with E-state index in [1.165, 1.54) is 18.2 Å². The van der Waals surface area contributed by atoms with Crippen LogP contribution in [-0.4, -0.2) is 43.5 Å². The highest BCUT2D eigenvalue weighted by atomic mass is 32.2. The number of aromatic hydroxyl groups is 1. The van der Waals surface area contributed by atoms with Crippen LogP contribution in [0.3, 0.4) is 0 Å². The minimum atomic E-state index is -3.87. The van der Waals surface area contributed by atoms with Crippen LogP contribution >= 0.6 is 0 Å². The summed E-state index contributed by atoms with van der Waals surface area (Å²) in [6.45, 7) is 3.47. The van der Waals surface area contributed by atoms with Crippen molar-refractivity contribution in [1.29, 1.82) is 0 Å². The van der Waals surface area contributed by atoms with Crippen LogP contribution in [0.5, 0.6) is 5.75 Å². The minimum Gasteiger partial charge on any atom is -0.506 e. The lowest BCUT2D eigenvalue weighted by Crippen LogP contribution is -2.37. The first-order valence-electron chi connectivity index (χ1n) is 6.57. The number of esters is 1. The highest BCUT2D eigenvalue weighted by Crippen LogP contribution is 2.25. The SMILES string of the molecule is CCCN(CC(=O)OCC)S(=O)(=O)c1ccc(O)c(N)c1. The van der Waals surface area contributed by atoms with E-state index >= 15 is 0 Å². The molecule has 1 rings (SSSR count). The number of nitrogens with zero attached hydrogens (tertiary/aromatic N) is 1. The number of hydrogen-bond acceptors (Lipinski definition) is 6. The van der Waals surface area contributed by atoms with Crippen molar-refractivity contribution in [2.24, 2.45) is 0 Å². The van der Waals surface area contributed by atoms with Crippen LogP contribution in [0.4, 0.5) is 5.69 Å². The van der Waals surface area contributed by atoms with Crippen molar-refractivity contribution in [2.75, 3.05) is 25.4 Å². The molecule has 0 unspecified atom stereocenters. The zero-order chi connectivity index (χ0) is 16.0. The van der Waals surface area contributed by atoms with Crippen LogP contribution in [0.15, 0.2) is 23.1 Å². The molecule has 21 heavy (non-hydrogen) atoms. The molecular formula is C13H20N2O5S. The zero-order valence-electron chi connectivity index (χ0n) is 12.1. The number of sulfonamides is 1. The molecule has 0 heterocycles. The maximum absolute atomic E-state index is 12.5. The van der Waals surface area contributed by atoms with Gasteiger partial charge in [-0.25, -0.2) is 8.42 Å². The van der Waals surface area contributed by atoms with Crippen LogP contribution in [0, 0.1) is 0 Å². The van der Waals surface area contributed by atoms with Crippen LogP contribution in [0.25, 0.3) is 0 Å². The van der Waals surface area contributed by atoms with Gasteiger partial charge in [-0.15, -0.1) is 0 Å². The van der Waals surface area contributed by atoms with Crippen molar-refractivity contribution in [3.63, 3.8) is 0 Å². The van der Waals surface area contributed by atoms with E-state index in [2.05, 4.69) is 0 Å². The first kappa shape index (κ1) is 17.3. The van der Waals surface area contributed by atoms with E-state index in [1.807, 2.05) is 0 Å². The lowest BCUT2D eigenvalue weighted by Gasteiger charge is -2.21. The van der Waals surface area contributed by atoms with E-state index in [-0.39, 0.29) is 36.0 Å². The number of phenolic OH excluding ortho intramolecular Hbond substituents is 1. The summed E-state index contributed by atoms with van der Waals surface area (Å²) in [4.78, 5) is 11.5. The molecule has 118 valence electrons. The number of anilines is 1. The fourth-order valence-corrected chi connectivity index (χ4v) is 3.24. The van der Waals surface area contributed by atoms with Gasteiger partial charge < -0.3 is 15.6 Å². The summed E-state index contributed by atoms with van der Waals surface area (Å²) < 4.78 is 30.8. The van der Waals surface area contributed by atoms with Crippen LogP contribution in [-0.2, 0) is 19.6 Å². The summed E-state index contributed by atoms with van der Waals surface area (Å²) in [7, 11) is -3.87. The summed E-state index contributed by atoms with van der Waals surface area (Å²) >= 11 is 0. The Morgan fingerprint density at radius 1 is 1.38 bits per heavy atom. The van der Waals surface area contributed by atoms with E-state index in [0.29, 0.717) is 6.42 Å². The average molecular weight is 316 g/mol. The molecule has 0 aliphatic rings. The van der Waals surface area contributed by atoms with Gasteiger partial charge in [0.05, 0.1) is 17.2 Å². The predicted molar refractivity (Wildman–Crippen MR) is 78.2 cm³/mol. The molecule has 1 aromatic rings. The van der Waals surface area contributed by atoms with E-state index in [0.717, 1.165) is 4.31 Å². The van der Waals surface area contributed by atoms with E-state index in [1.54, 1.807) is 13.8 Å². The van der Waals surface area contributed by atoms with Crippen LogP contribution in [0.1, 0.15) is 20.3 Å². The van der Waals surface area contributed by atoms with Gasteiger partial charge in [0.1, 0.15) is 12.3 Å². The van der Waals surface area contributed by atoms with Gasteiger partial charge in [-0.2, -0.15) is 4.31 Å². The number of ether oxygens (including phenoxy) is 1. The van der Waals surface area contributed by atoms with E-state index in [9.17, 15) is 18.3 Å². The molecule has 3 N–H and O–H groups in total. The molecule has 0 amide bonds. The fraction of sp³-hybridized carbons (Fsp3) is 0.462. The topological polar surface area (TPSA) is 110 Å². The van der Waals surface area contributed by atoms with Gasteiger partial charge in [-0.3, -0.25) is 4.79 Å². The number of phenols is 1. The summed E-state index contributed by atoms with van der Waals surface area (Å²) in [6, 6.07) is 3.62. The van der Waals surface area contributed by atoms with Crippen molar-refractivity contribution < 1.29 is 23.1 Å². The third-order valence-electron chi connectivity index (χ3n) is 2.72. The molecule has 0 spiro atoms. The Morgan fingerprint density at radius 3 is 2.57 bits per heavy atom. The van der Waals surface area contributed by atoms with Crippen molar-refractivity contribution in [2.45, 2.75) is 25.2 Å². The van der Waals surface area contributed by atoms with Crippen molar-refractivity contribution >= 4 is 21.7 Å². The number of rotatable bonds is 7. The predicted octanol–water partition coefficient (Wildman–Crippen LogP) is 0.938. The minimum absolute atomic E-state index is 0.0383. The summed E-state index contributed by atoms with van der Waals surface area (Å²) in [6.07, 6.45) is 0.548. The highest BCUT2D eigenvalue weighted by Gasteiger charge is 2.27. The van der Waals surface area contributed by atoms with Crippen LogP contribution in [0.2, 0.25) is 0 Å². The standard InChI is InChI=1S/C13H20N2O5S/c1-3-7-15(9-13(17)20-4-2)21(18,19)10-5-6-12(16)11(14)8-10/h5-6,8,16H,3-4,7,9,14H2,1-2H3. The van der Waals surface area contributed by atoms with Gasteiger partial charge in [0.15, 0.2) is 0 Å². The molecule has 0 aliphatic heterocycles. The Morgan fingerprint density at radius 2 is 2.05 bits per heavy atom. The number of benzene rings is 1. The van der Waals surface area contributed by atoms with E-state index in [4.69, 9.17) is 10.5 Å². The maximum Gasteiger partial charge on any atom is 0.321 e. The van der Waals surface area contributed by atoms with Gasteiger partial charge in [-0.1, -0.05) is 6.92 Å². The number of carbonyl (C=O) groups excluding carboxylic acids is 1. The second-order valence-corrected chi connectivity index (χ2v) is 6.30. The Bertz CT molecular complexity index is 601. The first-order valence-corrected chi connectivity index (χ1v) is 8.01. The number of nitrogens with two attached hydrogens (primary N) is 1. The lowest BCUT2D eigenvalue weighted by molar-refractivity contribution is -0.143. The Balaban J connectivity index is 3.09. The molecule has 7 nitrogen and oxygen atoms in total. The molecule has 0 saturated carbocycles. The second kappa shape index (κ2) is 7.28. The monoisotopic (exact) mass is 316 g/mol. The quantitative estimate of drug-likeness (QED) is 0.440. The van der Waals surface area contributed by atoms with Gasteiger partial charge in [0.25, 0.3) is 0 Å². The van der Waals surface area contributed by atoms with Gasteiger partial charge in [0, 0.05) is 6.54 Å². The molecule has 0 saturated heterocycles. The summed E-state index contributed by atoms with van der Waals surface area (Å²) in [5.41, 5.74) is 5.48. The average Bonchev–Trinajstić information content (AvgIpc) is 2.41. The molecule has 0 radical (unpaired) electrons. The van der Waals surface area contributed by atoms with Crippen molar-refractivity contribution in [1.82, 2.24) is 4.31 Å². The van der Waals surface area contributed by atoms with E-state index < -0.39 is 16.0 Å². The molecule has 0 bridgehead atoms. The molecular weight excluding hydrogens is 296 g/mol. The molecule has 0 aromatic heterocycles. The molecule has 0 fully saturated rings. The number of nitrogen functional groups attached to an aromatic ring is 1. The van der Waals surface area contributed by atoms with Crippen molar-refractivity contribution in [3.05, 3.63) is 18.2 Å². The number of hydrogen-bond donors (Lipinski definition) is 2. The third-order valence-corrected chi connectivity index (χ3v) is 4.56. The first-order chi connectivity index (χ1) is 9.82. The molecule has 0 atom stereocenters. The zero-order valence-corrected chi connectivity index (χ0v) is 12.9. The summed E-state index contributed by atoms with van der Waals surface area (Å²) in [5.74, 6) is -0.803. The smallest absolute Gasteiger partial charge is 0.321 e. The molecule has 0 aliphatic carbocycles. The van der Waals surface area contributed by atoms with Crippen molar-refractivity contribution in [3.8, 4) is 5.75 Å². The third kappa shape index (κ3) is 4.33. The Hall–Kier alpha value is -1.80. The van der Waals surface area contributed by atoms with Crippen LogP contribution < -0.4 is 5.73 Å². The molecule has 1 aromatic carbocycles. The normalized spacial score (nSPS) is 11.6. The summed E-state index contributed by atoms with van der Waals surface area (Å²) in [5, 5.41) is 9.36. The fourth-order valence-electron chi connectivity index (χ4n) is 1.73.